The molecule has 3 amide bonds. The fourth-order valence-electron chi connectivity index (χ4n) is 4.76. The van der Waals surface area contributed by atoms with E-state index < -0.39 is 5.60 Å². The van der Waals surface area contributed by atoms with Crippen molar-refractivity contribution in [3.05, 3.63) is 29.8 Å². The second kappa shape index (κ2) is 7.35. The molecule has 3 saturated heterocycles. The highest BCUT2D eigenvalue weighted by Gasteiger charge is 2.45. The van der Waals surface area contributed by atoms with Gasteiger partial charge < -0.3 is 14.5 Å². The summed E-state index contributed by atoms with van der Waals surface area (Å²) in [5.74, 6) is -0.664. The van der Waals surface area contributed by atoms with E-state index in [1.807, 2.05) is 37.8 Å². The van der Waals surface area contributed by atoms with Crippen molar-refractivity contribution in [2.45, 2.75) is 70.1 Å². The lowest BCUT2D eigenvalue weighted by atomic mass is 9.90. The highest BCUT2D eigenvalue weighted by molar-refractivity contribution is 6.00. The number of piperidine rings is 1. The van der Waals surface area contributed by atoms with Crippen molar-refractivity contribution in [1.82, 2.24) is 10.2 Å². The molecule has 3 aliphatic rings. The van der Waals surface area contributed by atoms with Crippen LogP contribution in [-0.4, -0.2) is 53.6 Å². The Morgan fingerprint density at radius 3 is 2.38 bits per heavy atom. The van der Waals surface area contributed by atoms with Crippen LogP contribution >= 0.6 is 0 Å². The number of hydrogen-bond donors (Lipinski definition) is 1. The second-order valence-electron chi connectivity index (χ2n) is 9.17. The fourth-order valence-corrected chi connectivity index (χ4v) is 4.76. The summed E-state index contributed by atoms with van der Waals surface area (Å²) < 4.78 is 5.58. The number of fused-ring (bicyclic) bond motifs is 1. The standard InChI is InChI=1S/C22H29N3O4/c1-22(2,3)29-21(28)25-13-11-17-18(25)10-12-24(17)15-6-4-14(5-7-15)16-8-9-19(26)23-20(16)27/h4-7,16-18H,8-13H2,1-3H3,(H,23,26,27)/t16?,17-,18-/m0/s1. The Morgan fingerprint density at radius 2 is 1.72 bits per heavy atom. The Kier molecular flexibility index (Phi) is 5.00. The van der Waals surface area contributed by atoms with Crippen molar-refractivity contribution in [1.29, 1.82) is 0 Å². The van der Waals surface area contributed by atoms with E-state index in [1.54, 1.807) is 0 Å². The van der Waals surface area contributed by atoms with Gasteiger partial charge in [-0.3, -0.25) is 14.9 Å². The molecule has 4 rings (SSSR count). The average molecular weight is 399 g/mol. The van der Waals surface area contributed by atoms with Gasteiger partial charge in [-0.1, -0.05) is 12.1 Å². The Morgan fingerprint density at radius 1 is 1.03 bits per heavy atom. The molecule has 0 bridgehead atoms. The molecule has 0 aromatic heterocycles. The predicted molar refractivity (Wildman–Crippen MR) is 109 cm³/mol. The summed E-state index contributed by atoms with van der Waals surface area (Å²) in [5.41, 5.74) is 1.56. The van der Waals surface area contributed by atoms with Crippen LogP contribution in [0.1, 0.15) is 57.9 Å². The molecule has 3 aliphatic heterocycles. The van der Waals surface area contributed by atoms with E-state index in [-0.39, 0.29) is 29.9 Å². The summed E-state index contributed by atoms with van der Waals surface area (Å²) in [6.07, 6.45) is 2.58. The van der Waals surface area contributed by atoms with Gasteiger partial charge >= 0.3 is 6.09 Å². The normalized spacial score (nSPS) is 27.1. The lowest BCUT2D eigenvalue weighted by Gasteiger charge is -2.29. The molecular formula is C22H29N3O4. The molecule has 3 atom stereocenters. The van der Waals surface area contributed by atoms with Crippen LogP contribution in [0.15, 0.2) is 24.3 Å². The van der Waals surface area contributed by atoms with Gasteiger partial charge in [0.25, 0.3) is 0 Å². The first-order valence-corrected chi connectivity index (χ1v) is 10.4. The predicted octanol–water partition coefficient (Wildman–Crippen LogP) is 2.79. The van der Waals surface area contributed by atoms with Crippen molar-refractivity contribution in [3.8, 4) is 0 Å². The third-order valence-corrected chi connectivity index (χ3v) is 6.07. The number of carbonyl (C=O) groups is 3. The van der Waals surface area contributed by atoms with E-state index in [0.29, 0.717) is 18.9 Å². The topological polar surface area (TPSA) is 79.0 Å². The molecular weight excluding hydrogens is 370 g/mol. The molecule has 0 aliphatic carbocycles. The van der Waals surface area contributed by atoms with Crippen LogP contribution in [0.3, 0.4) is 0 Å². The minimum Gasteiger partial charge on any atom is -0.444 e. The summed E-state index contributed by atoms with van der Waals surface area (Å²) in [5, 5.41) is 2.42. The van der Waals surface area contributed by atoms with E-state index >= 15 is 0 Å². The van der Waals surface area contributed by atoms with Gasteiger partial charge in [0.2, 0.25) is 11.8 Å². The third-order valence-electron chi connectivity index (χ3n) is 6.07. The molecule has 29 heavy (non-hydrogen) atoms. The van der Waals surface area contributed by atoms with Gasteiger partial charge in [-0.2, -0.15) is 0 Å². The highest BCUT2D eigenvalue weighted by atomic mass is 16.6. The van der Waals surface area contributed by atoms with Crippen LogP contribution < -0.4 is 10.2 Å². The van der Waals surface area contributed by atoms with Gasteiger partial charge in [-0.25, -0.2) is 4.79 Å². The maximum atomic E-state index is 12.5. The van der Waals surface area contributed by atoms with Crippen LogP contribution in [0.25, 0.3) is 0 Å². The molecule has 1 aromatic carbocycles. The number of imide groups is 1. The largest absolute Gasteiger partial charge is 0.444 e. The molecule has 0 saturated carbocycles. The number of rotatable bonds is 2. The van der Waals surface area contributed by atoms with Crippen LogP contribution in [-0.2, 0) is 14.3 Å². The number of likely N-dealkylation sites (tertiary alicyclic amines) is 1. The molecule has 1 unspecified atom stereocenters. The van der Waals surface area contributed by atoms with Gasteiger partial charge in [0.15, 0.2) is 0 Å². The van der Waals surface area contributed by atoms with Gasteiger partial charge in [-0.15, -0.1) is 0 Å². The van der Waals surface area contributed by atoms with Crippen molar-refractivity contribution < 1.29 is 19.1 Å². The third kappa shape index (κ3) is 3.95. The van der Waals surface area contributed by atoms with Gasteiger partial charge in [-0.05, 0) is 57.7 Å². The summed E-state index contributed by atoms with van der Waals surface area (Å²) >= 11 is 0. The number of hydrogen-bond acceptors (Lipinski definition) is 5. The maximum Gasteiger partial charge on any atom is 0.410 e. The average Bonchev–Trinajstić information content (AvgIpc) is 3.22. The molecule has 0 spiro atoms. The Labute approximate surface area is 171 Å². The summed E-state index contributed by atoms with van der Waals surface area (Å²) in [4.78, 5) is 40.3. The first-order chi connectivity index (χ1) is 13.7. The second-order valence-corrected chi connectivity index (χ2v) is 9.17. The lowest BCUT2D eigenvalue weighted by Crippen LogP contribution is -2.42. The van der Waals surface area contributed by atoms with E-state index in [4.69, 9.17) is 4.74 Å². The molecule has 156 valence electrons. The first-order valence-electron chi connectivity index (χ1n) is 10.4. The zero-order valence-electron chi connectivity index (χ0n) is 17.3. The Bertz CT molecular complexity index is 814. The zero-order valence-corrected chi connectivity index (χ0v) is 17.3. The highest BCUT2D eigenvalue weighted by Crippen LogP contribution is 2.36. The van der Waals surface area contributed by atoms with Crippen molar-refractivity contribution in [3.63, 3.8) is 0 Å². The molecule has 0 radical (unpaired) electrons. The number of ether oxygens (including phenoxy) is 1. The van der Waals surface area contributed by atoms with Crippen molar-refractivity contribution in [2.75, 3.05) is 18.0 Å². The van der Waals surface area contributed by atoms with Crippen molar-refractivity contribution in [2.24, 2.45) is 0 Å². The quantitative estimate of drug-likeness (QED) is 0.774. The van der Waals surface area contributed by atoms with Crippen LogP contribution in [0.5, 0.6) is 0 Å². The summed E-state index contributed by atoms with van der Waals surface area (Å²) in [7, 11) is 0. The van der Waals surface area contributed by atoms with E-state index in [0.717, 1.165) is 37.2 Å². The number of nitrogens with zero attached hydrogens (tertiary/aromatic N) is 2. The smallest absolute Gasteiger partial charge is 0.410 e. The molecule has 3 fully saturated rings. The van der Waals surface area contributed by atoms with Gasteiger partial charge in [0.05, 0.1) is 18.0 Å². The molecule has 7 nitrogen and oxygen atoms in total. The molecule has 7 heteroatoms. The van der Waals surface area contributed by atoms with Crippen LogP contribution in [0.2, 0.25) is 0 Å². The van der Waals surface area contributed by atoms with Gasteiger partial charge in [0, 0.05) is 25.2 Å². The number of nitrogens with one attached hydrogen (secondary N) is 1. The summed E-state index contributed by atoms with van der Waals surface area (Å²) in [6.45, 7) is 7.29. The number of anilines is 1. The van der Waals surface area contributed by atoms with Crippen LogP contribution in [0.4, 0.5) is 10.5 Å². The van der Waals surface area contributed by atoms with E-state index in [1.165, 1.54) is 0 Å². The fraction of sp³-hybridized carbons (Fsp3) is 0.591. The number of carbonyl (C=O) groups excluding carboxylic acids is 3. The minimum absolute atomic E-state index is 0.180. The van der Waals surface area contributed by atoms with E-state index in [2.05, 4.69) is 22.3 Å². The minimum atomic E-state index is -0.487. The molecule has 3 heterocycles. The zero-order chi connectivity index (χ0) is 20.8. The monoisotopic (exact) mass is 399 g/mol. The summed E-state index contributed by atoms with van der Waals surface area (Å²) in [6, 6.07) is 8.56. The Balaban J connectivity index is 1.43. The number of benzene rings is 1. The Hall–Kier alpha value is -2.57. The van der Waals surface area contributed by atoms with Gasteiger partial charge in [0.1, 0.15) is 5.60 Å². The lowest BCUT2D eigenvalue weighted by molar-refractivity contribution is -0.134. The first kappa shape index (κ1) is 19.7. The maximum absolute atomic E-state index is 12.5. The van der Waals surface area contributed by atoms with Crippen molar-refractivity contribution >= 4 is 23.6 Å². The number of amides is 3. The molecule has 1 N–H and O–H groups in total. The van der Waals surface area contributed by atoms with Crippen LogP contribution in [0, 0.1) is 0 Å². The molecule has 1 aromatic rings. The van der Waals surface area contributed by atoms with E-state index in [9.17, 15) is 14.4 Å². The SMILES string of the molecule is CC(C)(C)OC(=O)N1CC[C@H]2[C@@H]1CCN2c1ccc(C2CCC(=O)NC2=O)cc1.